The summed E-state index contributed by atoms with van der Waals surface area (Å²) in [5.74, 6) is -4.88. The van der Waals surface area contributed by atoms with Crippen LogP contribution in [0.2, 0.25) is 0 Å². The van der Waals surface area contributed by atoms with E-state index in [1.165, 1.54) is 24.5 Å². The molecule has 0 saturated carbocycles. The van der Waals surface area contributed by atoms with Gasteiger partial charge in [0.2, 0.25) is 0 Å². The number of aromatic nitrogens is 3. The highest BCUT2D eigenvalue weighted by Crippen LogP contribution is 2.49. The lowest BCUT2D eigenvalue weighted by molar-refractivity contribution is -0.100. The summed E-state index contributed by atoms with van der Waals surface area (Å²) in [6, 6.07) is 5.40. The SMILES string of the molecule is C[C@@H]1Nc2ncnc3c2cc(N2CCS(=O)(=O)CC2)c(=O)n3CCCCCCCN2C3CCC2CC(C3)C(F)(F)c2cccc1c2F. The maximum atomic E-state index is 16.2. The highest BCUT2D eigenvalue weighted by molar-refractivity contribution is 7.91. The van der Waals surface area contributed by atoms with E-state index in [4.69, 9.17) is 0 Å². The molecule has 47 heavy (non-hydrogen) atoms. The minimum atomic E-state index is -3.31. The quantitative estimate of drug-likeness (QED) is 0.355. The van der Waals surface area contributed by atoms with Crippen LogP contribution >= 0.6 is 0 Å². The highest BCUT2D eigenvalue weighted by atomic mass is 32.2. The summed E-state index contributed by atoms with van der Waals surface area (Å²) >= 11 is 0. The predicted molar refractivity (Wildman–Crippen MR) is 176 cm³/mol. The van der Waals surface area contributed by atoms with Gasteiger partial charge in [0.05, 0.1) is 28.5 Å². The smallest absolute Gasteiger partial charge is 0.278 e. The lowest BCUT2D eigenvalue weighted by Crippen LogP contribution is -2.47. The molecule has 8 rings (SSSR count). The van der Waals surface area contributed by atoms with Gasteiger partial charge >= 0.3 is 0 Å². The van der Waals surface area contributed by atoms with Crippen LogP contribution in [-0.2, 0) is 22.3 Å². The van der Waals surface area contributed by atoms with Gasteiger partial charge in [-0.2, -0.15) is 0 Å². The number of hydrogen-bond acceptors (Lipinski definition) is 8. The second-order valence-electron chi connectivity index (χ2n) is 13.8. The average molecular weight is 673 g/mol. The van der Waals surface area contributed by atoms with Crippen LogP contribution in [0.1, 0.15) is 81.9 Å². The molecule has 0 aliphatic carbocycles. The number of pyridine rings is 1. The molecule has 0 radical (unpaired) electrons. The third-order valence-electron chi connectivity index (χ3n) is 11.0. The minimum Gasteiger partial charge on any atom is -0.365 e. The molecule has 1 N–H and O–H groups in total. The molecule has 1 aromatic carbocycles. The molecular formula is C34H43F3N6O3S. The predicted octanol–water partition coefficient (Wildman–Crippen LogP) is 5.64. The largest absolute Gasteiger partial charge is 0.365 e. The first-order valence-electron chi connectivity index (χ1n) is 17.1. The highest BCUT2D eigenvalue weighted by Gasteiger charge is 2.51. The first kappa shape index (κ1) is 32.4. The van der Waals surface area contributed by atoms with E-state index in [1.54, 1.807) is 22.5 Å². The van der Waals surface area contributed by atoms with Gasteiger partial charge in [0.15, 0.2) is 9.84 Å². The number of piperidine rings is 1. The molecule has 5 aliphatic heterocycles. The van der Waals surface area contributed by atoms with E-state index >= 15 is 13.2 Å². The molecule has 3 fully saturated rings. The van der Waals surface area contributed by atoms with Crippen molar-refractivity contribution in [2.75, 3.05) is 41.4 Å². The van der Waals surface area contributed by atoms with Gasteiger partial charge in [0.25, 0.3) is 11.5 Å². The Kier molecular flexibility index (Phi) is 8.73. The monoisotopic (exact) mass is 672 g/mol. The Labute approximate surface area is 273 Å². The Morgan fingerprint density at radius 2 is 1.62 bits per heavy atom. The second kappa shape index (κ2) is 12.7. The number of hydrogen-bond donors (Lipinski definition) is 1. The Morgan fingerprint density at radius 3 is 2.34 bits per heavy atom. The summed E-state index contributed by atoms with van der Waals surface area (Å²) in [7, 11) is -3.17. The van der Waals surface area contributed by atoms with Crippen LogP contribution in [0.3, 0.4) is 0 Å². The number of nitrogens with zero attached hydrogens (tertiary/aromatic N) is 5. The molecule has 2 unspecified atom stereocenters. The summed E-state index contributed by atoms with van der Waals surface area (Å²) < 4.78 is 74.6. The molecule has 10 bridgehead atoms. The van der Waals surface area contributed by atoms with Crippen LogP contribution < -0.4 is 15.8 Å². The number of halogens is 3. The maximum absolute atomic E-state index is 16.2. The molecule has 13 heteroatoms. The lowest BCUT2D eigenvalue weighted by Gasteiger charge is -2.42. The molecule has 0 amide bonds. The molecule has 3 aromatic rings. The van der Waals surface area contributed by atoms with Gasteiger partial charge in [-0.1, -0.05) is 37.5 Å². The summed E-state index contributed by atoms with van der Waals surface area (Å²) in [4.78, 5) is 27.1. The zero-order valence-electron chi connectivity index (χ0n) is 26.8. The summed E-state index contributed by atoms with van der Waals surface area (Å²) in [5.41, 5.74) is 0.0851. The van der Waals surface area contributed by atoms with E-state index in [9.17, 15) is 13.2 Å². The Bertz CT molecular complexity index is 1790. The molecule has 0 spiro atoms. The number of benzene rings is 1. The standard InChI is InChI=1S/C34H43F3N6O3S/c1-22-26-8-7-9-28(30(26)35)34(36,37)23-18-24-10-11-25(19-23)42(24)12-5-3-2-4-6-13-43-32-27(31(40-22)38-21-39-32)20-29(33(43)44)41-14-16-47(45,46)17-15-41/h7-9,20-25H,2-6,10-19H2,1H3,(H,38,39,40)/t22-,23?,24?,25?/m0/s1. The number of sulfone groups is 1. The third kappa shape index (κ3) is 6.13. The Morgan fingerprint density at radius 1 is 0.936 bits per heavy atom. The molecule has 3 saturated heterocycles. The van der Waals surface area contributed by atoms with Crippen molar-refractivity contribution in [3.63, 3.8) is 0 Å². The molecular weight excluding hydrogens is 629 g/mol. The van der Waals surface area contributed by atoms with E-state index in [1.807, 2.05) is 0 Å². The topological polar surface area (TPSA) is 100 Å². The number of nitrogens with one attached hydrogen (secondary N) is 1. The van der Waals surface area contributed by atoms with Gasteiger partial charge in [-0.3, -0.25) is 14.3 Å². The zero-order chi connectivity index (χ0) is 32.9. The van der Waals surface area contributed by atoms with E-state index < -0.39 is 39.1 Å². The van der Waals surface area contributed by atoms with E-state index in [0.29, 0.717) is 41.9 Å². The van der Waals surface area contributed by atoms with Gasteiger partial charge in [0, 0.05) is 43.2 Å². The normalized spacial score (nSPS) is 29.4. The molecule has 3 atom stereocenters. The van der Waals surface area contributed by atoms with Crippen molar-refractivity contribution in [2.45, 2.75) is 95.3 Å². The zero-order valence-corrected chi connectivity index (χ0v) is 27.6. The fourth-order valence-electron chi connectivity index (χ4n) is 8.34. The van der Waals surface area contributed by atoms with Crippen LogP contribution in [0.4, 0.5) is 24.7 Å². The molecule has 5 aliphatic rings. The summed E-state index contributed by atoms with van der Waals surface area (Å²) in [5, 5.41) is 3.76. The van der Waals surface area contributed by atoms with Gasteiger partial charge < -0.3 is 10.2 Å². The minimum absolute atomic E-state index is 0.0437. The summed E-state index contributed by atoms with van der Waals surface area (Å²) in [6.45, 7) is 3.42. The molecule has 7 heterocycles. The maximum Gasteiger partial charge on any atom is 0.278 e. The summed E-state index contributed by atoms with van der Waals surface area (Å²) in [6.07, 6.45) is 8.59. The van der Waals surface area contributed by atoms with Crippen molar-refractivity contribution in [2.24, 2.45) is 5.92 Å². The number of rotatable bonds is 1. The van der Waals surface area contributed by atoms with Gasteiger partial charge in [-0.25, -0.2) is 31.6 Å². The first-order chi connectivity index (χ1) is 22.5. The fourth-order valence-corrected chi connectivity index (χ4v) is 9.55. The van der Waals surface area contributed by atoms with E-state index in [2.05, 4.69) is 20.2 Å². The fraction of sp³-hybridized carbons (Fsp3) is 0.618. The van der Waals surface area contributed by atoms with Gasteiger partial charge in [-0.05, 0) is 58.1 Å². The van der Waals surface area contributed by atoms with Crippen LogP contribution in [0.25, 0.3) is 11.0 Å². The number of anilines is 2. The van der Waals surface area contributed by atoms with Crippen molar-refractivity contribution in [3.05, 3.63) is 57.9 Å². The van der Waals surface area contributed by atoms with E-state index in [-0.39, 0.29) is 47.8 Å². The van der Waals surface area contributed by atoms with Crippen molar-refractivity contribution >= 4 is 32.4 Å². The Balaban J connectivity index is 1.28. The Hall–Kier alpha value is -3.19. The van der Waals surface area contributed by atoms with Crippen molar-refractivity contribution in [1.29, 1.82) is 0 Å². The second-order valence-corrected chi connectivity index (χ2v) is 16.1. The third-order valence-corrected chi connectivity index (χ3v) is 12.6. The molecule has 2 aromatic heterocycles. The number of aryl methyl sites for hydroxylation is 1. The lowest BCUT2D eigenvalue weighted by atomic mass is 9.82. The van der Waals surface area contributed by atoms with Crippen LogP contribution in [-0.4, -0.2) is 71.1 Å². The first-order valence-corrected chi connectivity index (χ1v) is 18.9. The number of fused-ring (bicyclic) bond motifs is 7. The van der Waals surface area contributed by atoms with Gasteiger partial charge in [-0.15, -0.1) is 0 Å². The van der Waals surface area contributed by atoms with Crippen molar-refractivity contribution < 1.29 is 21.6 Å². The molecule has 9 nitrogen and oxygen atoms in total. The van der Waals surface area contributed by atoms with E-state index in [0.717, 1.165) is 51.5 Å². The van der Waals surface area contributed by atoms with Crippen LogP contribution in [0.5, 0.6) is 0 Å². The van der Waals surface area contributed by atoms with Gasteiger partial charge in [0.1, 0.15) is 29.3 Å². The van der Waals surface area contributed by atoms with Crippen molar-refractivity contribution in [1.82, 2.24) is 19.4 Å². The van der Waals surface area contributed by atoms with Crippen molar-refractivity contribution in [3.8, 4) is 0 Å². The molecule has 254 valence electrons. The van der Waals surface area contributed by atoms with Crippen LogP contribution in [0, 0.1) is 11.7 Å². The average Bonchev–Trinajstić information content (AvgIpc) is 3.26. The number of alkyl halides is 2. The van der Waals surface area contributed by atoms with Crippen LogP contribution in [0.15, 0.2) is 35.4 Å².